The van der Waals surface area contributed by atoms with Gasteiger partial charge in [-0.2, -0.15) is 0 Å². The van der Waals surface area contributed by atoms with Gasteiger partial charge in [-0.05, 0) is 47.4 Å². The van der Waals surface area contributed by atoms with Crippen LogP contribution < -0.4 is 32.6 Å². The number of aryl methyl sites for hydroxylation is 1. The highest BCUT2D eigenvalue weighted by atomic mass is 16.5. The zero-order valence-corrected chi connectivity index (χ0v) is 22.5. The zero-order chi connectivity index (χ0) is 29.0. The van der Waals surface area contributed by atoms with E-state index in [0.717, 1.165) is 16.7 Å². The molecule has 2 atom stereocenters. The Hall–Kier alpha value is -4.70. The summed E-state index contributed by atoms with van der Waals surface area (Å²) in [5, 5.41) is 5.66. The zero-order valence-electron chi connectivity index (χ0n) is 22.5. The average Bonchev–Trinajstić information content (AvgIpc) is 2.96. The van der Waals surface area contributed by atoms with Crippen LogP contribution in [-0.4, -0.2) is 49.3 Å². The van der Waals surface area contributed by atoms with Crippen LogP contribution in [0.4, 0.5) is 5.69 Å². The molecule has 0 heterocycles. The molecule has 0 aliphatic heterocycles. The fourth-order valence-corrected chi connectivity index (χ4v) is 4.20. The van der Waals surface area contributed by atoms with Gasteiger partial charge < -0.3 is 37.4 Å². The molecule has 3 aromatic carbocycles. The van der Waals surface area contributed by atoms with Gasteiger partial charge in [0.1, 0.15) is 23.6 Å². The van der Waals surface area contributed by atoms with Gasteiger partial charge in [0.15, 0.2) is 5.96 Å². The van der Waals surface area contributed by atoms with E-state index in [9.17, 15) is 14.4 Å². The lowest BCUT2D eigenvalue weighted by atomic mass is 9.91. The highest BCUT2D eigenvalue weighted by Crippen LogP contribution is 2.16. The highest BCUT2D eigenvalue weighted by molar-refractivity contribution is 5.90. The maximum absolute atomic E-state index is 13.5. The number of aliphatic imine (C=N–C) groups is 1. The number of carbonyl (C=O) groups is 3. The van der Waals surface area contributed by atoms with Gasteiger partial charge in [-0.3, -0.25) is 9.59 Å². The molecule has 0 saturated carbocycles. The van der Waals surface area contributed by atoms with Crippen molar-refractivity contribution in [2.45, 2.75) is 37.3 Å². The molecular formula is C30H36N6O4. The number of benzene rings is 3. The SMILES string of the molecule is COc1ccc(C[C@H](NC(=O)CCc2ccc(N=C(N)N)cc2)C(=O)NC(C=O)(CN)Cc2ccccc2)cc1. The van der Waals surface area contributed by atoms with Gasteiger partial charge in [0.2, 0.25) is 11.8 Å². The van der Waals surface area contributed by atoms with Gasteiger partial charge in [0, 0.05) is 25.8 Å². The van der Waals surface area contributed by atoms with Crippen molar-refractivity contribution >= 4 is 29.7 Å². The average molecular weight is 545 g/mol. The molecule has 10 nitrogen and oxygen atoms in total. The lowest BCUT2D eigenvalue weighted by Crippen LogP contribution is -2.61. The fourth-order valence-electron chi connectivity index (χ4n) is 4.20. The molecule has 8 N–H and O–H groups in total. The van der Waals surface area contributed by atoms with Crippen LogP contribution in [0.15, 0.2) is 83.9 Å². The van der Waals surface area contributed by atoms with Crippen molar-refractivity contribution in [2.75, 3.05) is 13.7 Å². The summed E-state index contributed by atoms with van der Waals surface area (Å²) < 4.78 is 5.22. The first-order valence-corrected chi connectivity index (χ1v) is 12.9. The first-order chi connectivity index (χ1) is 19.3. The normalized spacial score (nSPS) is 12.8. The monoisotopic (exact) mass is 544 g/mol. The van der Waals surface area contributed by atoms with Crippen LogP contribution in [0.25, 0.3) is 0 Å². The minimum absolute atomic E-state index is 0.0368. The Kier molecular flexibility index (Phi) is 10.8. The molecular weight excluding hydrogens is 508 g/mol. The molecule has 2 amide bonds. The van der Waals surface area contributed by atoms with Gasteiger partial charge in [0.05, 0.1) is 12.8 Å². The molecule has 0 bridgehead atoms. The summed E-state index contributed by atoms with van der Waals surface area (Å²) in [5.74, 6) is -0.176. The predicted octanol–water partition coefficient (Wildman–Crippen LogP) is 1.52. The fraction of sp³-hybridized carbons (Fsp3) is 0.267. The van der Waals surface area contributed by atoms with E-state index >= 15 is 0 Å². The first-order valence-electron chi connectivity index (χ1n) is 12.9. The van der Waals surface area contributed by atoms with Gasteiger partial charge in [-0.1, -0.05) is 54.6 Å². The van der Waals surface area contributed by atoms with E-state index in [1.807, 2.05) is 54.6 Å². The Morgan fingerprint density at radius 2 is 1.60 bits per heavy atom. The number of nitrogens with zero attached hydrogens (tertiary/aromatic N) is 1. The van der Waals surface area contributed by atoms with Gasteiger partial charge in [0.25, 0.3) is 0 Å². The van der Waals surface area contributed by atoms with Crippen molar-refractivity contribution in [3.8, 4) is 5.75 Å². The molecule has 0 fully saturated rings. The number of methoxy groups -OCH3 is 1. The van der Waals surface area contributed by atoms with Crippen LogP contribution in [-0.2, 0) is 33.6 Å². The van der Waals surface area contributed by atoms with Crippen LogP contribution in [0.2, 0.25) is 0 Å². The molecule has 210 valence electrons. The topological polar surface area (TPSA) is 175 Å². The third-order valence-corrected chi connectivity index (χ3v) is 6.41. The molecule has 1 unspecified atom stereocenters. The summed E-state index contributed by atoms with van der Waals surface area (Å²) in [7, 11) is 1.57. The second-order valence-electron chi connectivity index (χ2n) is 9.51. The summed E-state index contributed by atoms with van der Waals surface area (Å²) in [6, 6.07) is 22.7. The van der Waals surface area contributed by atoms with Crippen LogP contribution in [0, 0.1) is 0 Å². The van der Waals surface area contributed by atoms with Gasteiger partial charge >= 0.3 is 0 Å². The second-order valence-corrected chi connectivity index (χ2v) is 9.51. The summed E-state index contributed by atoms with van der Waals surface area (Å²) in [5.41, 5.74) is 18.6. The van der Waals surface area contributed by atoms with E-state index in [4.69, 9.17) is 21.9 Å². The molecule has 0 saturated heterocycles. The van der Waals surface area contributed by atoms with E-state index in [1.165, 1.54) is 0 Å². The van der Waals surface area contributed by atoms with E-state index in [2.05, 4.69) is 15.6 Å². The van der Waals surface area contributed by atoms with Crippen LogP contribution >= 0.6 is 0 Å². The van der Waals surface area contributed by atoms with Crippen molar-refractivity contribution in [1.29, 1.82) is 0 Å². The number of rotatable bonds is 14. The molecule has 10 heteroatoms. The molecule has 0 aliphatic rings. The number of nitrogens with one attached hydrogen (secondary N) is 2. The van der Waals surface area contributed by atoms with Crippen LogP contribution in [0.5, 0.6) is 5.75 Å². The van der Waals surface area contributed by atoms with Crippen molar-refractivity contribution < 1.29 is 19.1 Å². The quantitative estimate of drug-likeness (QED) is 0.116. The smallest absolute Gasteiger partial charge is 0.243 e. The summed E-state index contributed by atoms with van der Waals surface area (Å²) in [6.07, 6.45) is 1.68. The molecule has 0 spiro atoms. The molecule has 0 aliphatic carbocycles. The Morgan fingerprint density at radius 1 is 0.950 bits per heavy atom. The highest BCUT2D eigenvalue weighted by Gasteiger charge is 2.33. The summed E-state index contributed by atoms with van der Waals surface area (Å²) >= 11 is 0. The minimum Gasteiger partial charge on any atom is -0.497 e. The number of carbonyl (C=O) groups excluding carboxylic acids is 3. The lowest BCUT2D eigenvalue weighted by molar-refractivity contribution is -0.131. The lowest BCUT2D eigenvalue weighted by Gasteiger charge is -2.30. The standard InChI is InChI=1S/C30H36N6O4/c1-40-25-14-9-22(10-15-25)17-26(28(39)36-30(19-31,20-37)18-23-5-3-2-4-6-23)35-27(38)16-11-21-7-12-24(13-8-21)34-29(32)33/h2-10,12-15,20,26H,11,16-19,31H2,1H3,(H,35,38)(H,36,39)(H4,32,33,34)/t26-,30?/m0/s1. The Labute approximate surface area is 234 Å². The van der Waals surface area contributed by atoms with Crippen LogP contribution in [0.1, 0.15) is 23.1 Å². The largest absolute Gasteiger partial charge is 0.497 e. The van der Waals surface area contributed by atoms with Crippen LogP contribution in [0.3, 0.4) is 0 Å². The number of nitrogens with two attached hydrogens (primary N) is 3. The number of hydrogen-bond donors (Lipinski definition) is 5. The van der Waals surface area contributed by atoms with Gasteiger partial charge in [-0.25, -0.2) is 4.99 Å². The number of aldehydes is 1. The van der Waals surface area contributed by atoms with Crippen molar-refractivity contribution in [3.05, 3.63) is 95.6 Å². The Balaban J connectivity index is 1.74. The van der Waals surface area contributed by atoms with Gasteiger partial charge in [-0.15, -0.1) is 0 Å². The minimum atomic E-state index is -1.32. The van der Waals surface area contributed by atoms with Crippen molar-refractivity contribution in [1.82, 2.24) is 10.6 Å². The maximum atomic E-state index is 13.5. The number of amides is 2. The third kappa shape index (κ3) is 8.95. The third-order valence-electron chi connectivity index (χ3n) is 6.41. The number of guanidine groups is 1. The number of ether oxygens (including phenoxy) is 1. The van der Waals surface area contributed by atoms with E-state index in [1.54, 1.807) is 31.4 Å². The Morgan fingerprint density at radius 3 is 2.17 bits per heavy atom. The van der Waals surface area contributed by atoms with E-state index in [-0.39, 0.29) is 37.7 Å². The number of hydrogen-bond acceptors (Lipinski definition) is 6. The predicted molar refractivity (Wildman–Crippen MR) is 155 cm³/mol. The summed E-state index contributed by atoms with van der Waals surface area (Å²) in [4.78, 5) is 42.7. The summed E-state index contributed by atoms with van der Waals surface area (Å²) in [6.45, 7) is -0.101. The molecule has 0 radical (unpaired) electrons. The Bertz CT molecular complexity index is 1290. The second kappa shape index (κ2) is 14.5. The first kappa shape index (κ1) is 29.9. The molecule has 3 aromatic rings. The molecule has 3 rings (SSSR count). The van der Waals surface area contributed by atoms with Crippen molar-refractivity contribution in [2.24, 2.45) is 22.2 Å². The maximum Gasteiger partial charge on any atom is 0.243 e. The van der Waals surface area contributed by atoms with E-state index in [0.29, 0.717) is 24.1 Å². The van der Waals surface area contributed by atoms with E-state index < -0.39 is 17.5 Å². The van der Waals surface area contributed by atoms with Crippen molar-refractivity contribution in [3.63, 3.8) is 0 Å². The molecule has 40 heavy (non-hydrogen) atoms. The molecule has 0 aromatic heterocycles.